The molecule has 0 aliphatic heterocycles. The number of carbonyl (C=O) groups excluding carboxylic acids is 2. The first-order chi connectivity index (χ1) is 16.8. The minimum Gasteiger partial charge on any atom is -0.480 e. The number of amides is 2. The molecule has 0 radical (unpaired) electrons. The van der Waals surface area contributed by atoms with Crippen molar-refractivity contribution < 1.29 is 33.0 Å². The van der Waals surface area contributed by atoms with E-state index in [-0.39, 0.29) is 18.9 Å². The highest BCUT2D eigenvalue weighted by Crippen LogP contribution is 2.55. The van der Waals surface area contributed by atoms with E-state index in [0.29, 0.717) is 12.8 Å². The highest BCUT2D eigenvalue weighted by Gasteiger charge is 2.71. The fraction of sp³-hybridized carbons (Fsp3) is 0.423. The predicted molar refractivity (Wildman–Crippen MR) is 124 cm³/mol. The van der Waals surface area contributed by atoms with E-state index in [4.69, 9.17) is 4.74 Å². The van der Waals surface area contributed by atoms with Crippen LogP contribution in [0.4, 0.5) is 13.6 Å². The first-order valence-corrected chi connectivity index (χ1v) is 11.8. The molecule has 2 aliphatic rings. The number of alkyl carbamates (subject to hydrolysis) is 1. The smallest absolute Gasteiger partial charge is 0.407 e. The summed E-state index contributed by atoms with van der Waals surface area (Å²) in [4.78, 5) is 35.9. The summed E-state index contributed by atoms with van der Waals surface area (Å²) in [5.41, 5.74) is 4.20. The molecule has 0 bridgehead atoms. The number of carboxylic acids is 1. The summed E-state index contributed by atoms with van der Waals surface area (Å²) < 4.78 is 33.8. The second-order valence-corrected chi connectivity index (χ2v) is 9.01. The maximum Gasteiger partial charge on any atom is 0.407 e. The van der Waals surface area contributed by atoms with E-state index in [1.54, 1.807) is 0 Å². The molecule has 1 fully saturated rings. The lowest BCUT2D eigenvalue weighted by atomic mass is 9.98. The monoisotopic (exact) mass is 486 g/mol. The zero-order chi connectivity index (χ0) is 25.2. The maximum absolute atomic E-state index is 14.2. The molecule has 0 spiro atoms. The Balaban J connectivity index is 1.30. The minimum atomic E-state index is -3.32. The van der Waals surface area contributed by atoms with Crippen molar-refractivity contribution in [2.75, 3.05) is 13.2 Å². The average Bonchev–Trinajstić information content (AvgIpc) is 3.25. The van der Waals surface area contributed by atoms with Crippen molar-refractivity contribution in [2.45, 2.75) is 44.1 Å². The number of unbranched alkanes of at least 4 members (excludes halogenated alkanes) is 1. The van der Waals surface area contributed by atoms with Crippen LogP contribution in [0.5, 0.6) is 0 Å². The summed E-state index contributed by atoms with van der Waals surface area (Å²) in [6.07, 6.45) is 0.579. The summed E-state index contributed by atoms with van der Waals surface area (Å²) in [7, 11) is 0. The summed E-state index contributed by atoms with van der Waals surface area (Å²) in [5, 5.41) is 13.8. The Morgan fingerprint density at radius 2 is 1.66 bits per heavy atom. The number of halogens is 2. The largest absolute Gasteiger partial charge is 0.480 e. The molecule has 0 aromatic heterocycles. The Hall–Kier alpha value is -3.49. The standard InChI is InChI=1S/C26H28F2N2O5/c1-2-3-12-21(24(32)33)30-23(31)22-20(26(22,27)28)13-29-25(34)35-14-19-17-10-6-4-8-15(17)16-9-5-7-11-18(16)19/h4-11,19-22H,2-3,12-14H2,1H3,(H,29,34)(H,30,31)(H,32,33)/t20-,21-,22-/m0/s1. The number of benzene rings is 2. The van der Waals surface area contributed by atoms with Gasteiger partial charge in [-0.3, -0.25) is 4.79 Å². The van der Waals surface area contributed by atoms with Crippen LogP contribution in [0.3, 0.4) is 0 Å². The van der Waals surface area contributed by atoms with E-state index in [1.807, 2.05) is 55.5 Å². The van der Waals surface area contributed by atoms with E-state index in [1.165, 1.54) is 0 Å². The third-order valence-electron chi connectivity index (χ3n) is 6.76. The average molecular weight is 487 g/mol. The van der Waals surface area contributed by atoms with Crippen LogP contribution in [0, 0.1) is 11.8 Å². The third kappa shape index (κ3) is 4.99. The maximum atomic E-state index is 14.2. The number of alkyl halides is 2. The van der Waals surface area contributed by atoms with Crippen molar-refractivity contribution in [3.8, 4) is 11.1 Å². The topological polar surface area (TPSA) is 105 Å². The number of ether oxygens (including phenoxy) is 1. The Morgan fingerprint density at radius 1 is 1.06 bits per heavy atom. The van der Waals surface area contributed by atoms with Gasteiger partial charge in [-0.1, -0.05) is 68.3 Å². The van der Waals surface area contributed by atoms with Gasteiger partial charge in [0.15, 0.2) is 0 Å². The molecule has 0 saturated heterocycles. The zero-order valence-corrected chi connectivity index (χ0v) is 19.3. The second kappa shape index (κ2) is 10.0. The van der Waals surface area contributed by atoms with Crippen LogP contribution < -0.4 is 10.6 Å². The van der Waals surface area contributed by atoms with Gasteiger partial charge in [0.05, 0.1) is 5.92 Å². The number of carboxylic acid groups (broad SMARTS) is 1. The number of rotatable bonds is 10. The van der Waals surface area contributed by atoms with Gasteiger partial charge in [0.25, 0.3) is 5.92 Å². The molecule has 35 heavy (non-hydrogen) atoms. The highest BCUT2D eigenvalue weighted by atomic mass is 19.3. The van der Waals surface area contributed by atoms with Crippen LogP contribution >= 0.6 is 0 Å². The Labute approximate surface area is 201 Å². The third-order valence-corrected chi connectivity index (χ3v) is 6.76. The lowest BCUT2D eigenvalue weighted by Gasteiger charge is -2.15. The minimum absolute atomic E-state index is 0.0442. The molecule has 2 amide bonds. The van der Waals surface area contributed by atoms with Crippen molar-refractivity contribution in [3.63, 3.8) is 0 Å². The molecule has 2 aromatic carbocycles. The number of fused-ring (bicyclic) bond motifs is 3. The quantitative estimate of drug-likeness (QED) is 0.468. The van der Waals surface area contributed by atoms with E-state index < -0.39 is 48.3 Å². The molecule has 1 saturated carbocycles. The number of carbonyl (C=O) groups is 3. The summed E-state index contributed by atoms with van der Waals surface area (Å²) in [6, 6.07) is 14.4. The SMILES string of the molecule is CCCC[C@H](NC(=O)[C@@H]1[C@H](CNC(=O)OCC2c3ccccc3-c3ccccc32)C1(F)F)C(=O)O. The molecular formula is C26H28F2N2O5. The van der Waals surface area contributed by atoms with Crippen LogP contribution in [0.25, 0.3) is 11.1 Å². The van der Waals surface area contributed by atoms with Gasteiger partial charge in [0.1, 0.15) is 18.6 Å². The van der Waals surface area contributed by atoms with Gasteiger partial charge in [0, 0.05) is 12.5 Å². The summed E-state index contributed by atoms with van der Waals surface area (Å²) >= 11 is 0. The molecule has 9 heteroatoms. The van der Waals surface area contributed by atoms with Gasteiger partial charge in [-0.25, -0.2) is 18.4 Å². The second-order valence-electron chi connectivity index (χ2n) is 9.01. The number of nitrogens with one attached hydrogen (secondary N) is 2. The van der Waals surface area contributed by atoms with Crippen molar-refractivity contribution in [1.29, 1.82) is 0 Å². The highest BCUT2D eigenvalue weighted by molar-refractivity contribution is 5.88. The van der Waals surface area contributed by atoms with Crippen molar-refractivity contribution in [3.05, 3.63) is 59.7 Å². The van der Waals surface area contributed by atoms with Gasteiger partial charge < -0.3 is 20.5 Å². The van der Waals surface area contributed by atoms with Gasteiger partial charge in [-0.2, -0.15) is 0 Å². The number of hydrogen-bond acceptors (Lipinski definition) is 4. The number of hydrogen-bond donors (Lipinski definition) is 3. The molecule has 3 N–H and O–H groups in total. The first kappa shape index (κ1) is 24.6. The van der Waals surface area contributed by atoms with Crippen molar-refractivity contribution in [1.82, 2.24) is 10.6 Å². The van der Waals surface area contributed by atoms with Crippen LogP contribution in [-0.4, -0.2) is 48.2 Å². The summed E-state index contributed by atoms with van der Waals surface area (Å²) in [6.45, 7) is 1.46. The van der Waals surface area contributed by atoms with Gasteiger partial charge in [0.2, 0.25) is 5.91 Å². The lowest BCUT2D eigenvalue weighted by Crippen LogP contribution is -2.42. The Bertz CT molecular complexity index is 1080. The van der Waals surface area contributed by atoms with Gasteiger partial charge in [-0.05, 0) is 28.7 Å². The van der Waals surface area contributed by atoms with Crippen LogP contribution in [0.15, 0.2) is 48.5 Å². The van der Waals surface area contributed by atoms with E-state index in [9.17, 15) is 28.3 Å². The molecule has 4 rings (SSSR count). The van der Waals surface area contributed by atoms with Crippen molar-refractivity contribution in [2.24, 2.45) is 11.8 Å². The van der Waals surface area contributed by atoms with Crippen LogP contribution in [0.2, 0.25) is 0 Å². The van der Waals surface area contributed by atoms with E-state index in [0.717, 1.165) is 22.3 Å². The molecular weight excluding hydrogens is 458 g/mol. The van der Waals surface area contributed by atoms with Crippen molar-refractivity contribution >= 4 is 18.0 Å². The molecule has 7 nitrogen and oxygen atoms in total. The fourth-order valence-electron chi connectivity index (χ4n) is 4.77. The van der Waals surface area contributed by atoms with E-state index >= 15 is 0 Å². The van der Waals surface area contributed by atoms with Gasteiger partial charge in [-0.15, -0.1) is 0 Å². The first-order valence-electron chi connectivity index (χ1n) is 11.8. The molecule has 3 atom stereocenters. The zero-order valence-electron chi connectivity index (χ0n) is 19.3. The number of aliphatic carboxylic acids is 1. The molecule has 0 unspecified atom stereocenters. The Morgan fingerprint density at radius 3 is 2.23 bits per heavy atom. The lowest BCUT2D eigenvalue weighted by molar-refractivity contribution is -0.142. The van der Waals surface area contributed by atoms with Crippen LogP contribution in [-0.2, 0) is 14.3 Å². The van der Waals surface area contributed by atoms with Gasteiger partial charge >= 0.3 is 12.1 Å². The Kier molecular flexibility index (Phi) is 7.05. The predicted octanol–water partition coefficient (Wildman–Crippen LogP) is 4.17. The molecule has 2 aromatic rings. The fourth-order valence-corrected chi connectivity index (χ4v) is 4.77. The molecule has 0 heterocycles. The summed E-state index contributed by atoms with van der Waals surface area (Å²) in [5.74, 6) is -8.86. The normalized spacial score (nSPS) is 20.3. The van der Waals surface area contributed by atoms with E-state index in [2.05, 4.69) is 10.6 Å². The molecule has 186 valence electrons. The van der Waals surface area contributed by atoms with Crippen LogP contribution in [0.1, 0.15) is 43.2 Å². The molecule has 2 aliphatic carbocycles.